The molecule has 1 N–H and O–H groups in total. The van der Waals surface area contributed by atoms with Gasteiger partial charge in [0.05, 0.1) is 0 Å². The van der Waals surface area contributed by atoms with Crippen LogP contribution in [-0.2, 0) is 0 Å². The second-order valence-corrected chi connectivity index (χ2v) is 1.78. The van der Waals surface area contributed by atoms with Gasteiger partial charge in [0, 0.05) is 6.61 Å². The Morgan fingerprint density at radius 3 is 2.12 bits per heavy atom. The Bertz CT molecular complexity index is 27.7. The number of hydrogen-bond acceptors (Lipinski definition) is 1. The minimum atomic E-state index is 0. The first-order valence-corrected chi connectivity index (χ1v) is 3.02. The molecule has 0 aliphatic heterocycles. The zero-order chi connectivity index (χ0) is 5.54. The molecule has 0 heterocycles. The second kappa shape index (κ2) is 10.5. The van der Waals surface area contributed by atoms with Gasteiger partial charge in [0.15, 0.2) is 0 Å². The maximum absolute atomic E-state index is 8.29. The van der Waals surface area contributed by atoms with Crippen molar-refractivity contribution in [1.29, 1.82) is 0 Å². The maximum atomic E-state index is 8.29. The molecule has 2 heteroatoms. The quantitative estimate of drug-likeness (QED) is 0.479. The molecule has 1 nitrogen and oxygen atoms in total. The summed E-state index contributed by atoms with van der Waals surface area (Å²) in [5.74, 6) is 0. The van der Waals surface area contributed by atoms with Crippen LogP contribution in [0.1, 0.15) is 32.6 Å². The van der Waals surface area contributed by atoms with Crippen molar-refractivity contribution in [2.24, 2.45) is 0 Å². The molecule has 0 saturated heterocycles. The zero-order valence-electron chi connectivity index (χ0n) is 4.98. The van der Waals surface area contributed by atoms with Gasteiger partial charge >= 0.3 is 17.6 Å². The average Bonchev–Trinajstić information content (AvgIpc) is 1.69. The molecule has 0 aromatic carbocycles. The van der Waals surface area contributed by atoms with E-state index in [1.807, 2.05) is 0 Å². The molecule has 0 fully saturated rings. The number of aliphatic hydroxyl groups excluding tert-OH is 1. The van der Waals surface area contributed by atoms with E-state index in [0.717, 1.165) is 6.42 Å². The minimum absolute atomic E-state index is 0. The molecule has 0 radical (unpaired) electrons. The summed E-state index contributed by atoms with van der Waals surface area (Å²) in [5, 5.41) is 8.29. The molecule has 0 spiro atoms. The van der Waals surface area contributed by atoms with E-state index in [0.29, 0.717) is 6.61 Å². The van der Waals surface area contributed by atoms with Gasteiger partial charge in [-0.15, -0.1) is 0 Å². The Balaban J connectivity index is 0. The summed E-state index contributed by atoms with van der Waals surface area (Å²) < 4.78 is 0. The fraction of sp³-hybridized carbons (Fsp3) is 1.00. The third-order valence-electron chi connectivity index (χ3n) is 1.01. The number of aliphatic hydroxyl groups is 1. The summed E-state index contributed by atoms with van der Waals surface area (Å²) >= 11 is 0. The van der Waals surface area contributed by atoms with Gasteiger partial charge in [-0.1, -0.05) is 26.2 Å². The fourth-order valence-electron chi connectivity index (χ4n) is 0.539. The van der Waals surface area contributed by atoms with Crippen LogP contribution in [0, 0.1) is 0 Å². The average molecular weight is 179 g/mol. The van der Waals surface area contributed by atoms with Crippen molar-refractivity contribution in [2.75, 3.05) is 6.61 Å². The summed E-state index contributed by atoms with van der Waals surface area (Å²) in [6.07, 6.45) is 4.68. The Morgan fingerprint density at radius 2 is 1.75 bits per heavy atom. The molecule has 0 aliphatic carbocycles. The Morgan fingerprint density at radius 1 is 1.12 bits per heavy atom. The third kappa shape index (κ3) is 9.71. The molecule has 0 bridgehead atoms. The molecule has 0 aromatic rings. The first kappa shape index (κ1) is 11.3. The first-order chi connectivity index (χ1) is 3.41. The number of unbranched alkanes of at least 4 members (excludes halogenated alkanes) is 3. The van der Waals surface area contributed by atoms with E-state index in [9.17, 15) is 0 Å². The predicted octanol–water partition coefficient (Wildman–Crippen LogP) is 0.107. The fourth-order valence-corrected chi connectivity index (χ4v) is 0.539. The summed E-state index contributed by atoms with van der Waals surface area (Å²) in [6, 6.07) is 0. The first-order valence-electron chi connectivity index (χ1n) is 3.02. The molecule has 8 heavy (non-hydrogen) atoms. The van der Waals surface area contributed by atoms with Gasteiger partial charge in [0.2, 0.25) is 0 Å². The van der Waals surface area contributed by atoms with Gasteiger partial charge in [0.1, 0.15) is 0 Å². The van der Waals surface area contributed by atoms with Crippen LogP contribution in [0.5, 0.6) is 0 Å². The normalized spacial score (nSPS) is 8.25. The van der Waals surface area contributed by atoms with E-state index in [4.69, 9.17) is 5.11 Å². The second-order valence-electron chi connectivity index (χ2n) is 1.78. The van der Waals surface area contributed by atoms with Crippen molar-refractivity contribution in [1.82, 2.24) is 0 Å². The molecular weight excluding hydrogens is 161 g/mol. The van der Waals surface area contributed by atoms with Gasteiger partial charge in [-0.05, 0) is 6.42 Å². The monoisotopic (exact) mass is 180 g/mol. The van der Waals surface area contributed by atoms with Crippen LogP contribution < -0.4 is 0 Å². The van der Waals surface area contributed by atoms with Crippen molar-refractivity contribution in [2.45, 2.75) is 32.6 Å². The van der Waals surface area contributed by atoms with E-state index >= 15 is 0 Å². The van der Waals surface area contributed by atoms with Crippen LogP contribution in [0.15, 0.2) is 0 Å². The van der Waals surface area contributed by atoms with Gasteiger partial charge < -0.3 is 5.11 Å². The Kier molecular flexibility index (Phi) is 14.8. The van der Waals surface area contributed by atoms with E-state index in [1.165, 1.54) is 19.3 Å². The van der Waals surface area contributed by atoms with Crippen LogP contribution in [0.25, 0.3) is 0 Å². The molecule has 0 rings (SSSR count). The molecule has 0 aromatic heterocycles. The predicted molar refractivity (Wildman–Crippen MR) is 42.6 cm³/mol. The summed E-state index contributed by atoms with van der Waals surface area (Å²) in [7, 11) is 0. The Hall–Kier alpha value is 0.503. The molecule has 0 unspecified atom stereocenters. The van der Waals surface area contributed by atoms with Gasteiger partial charge in [-0.25, -0.2) is 0 Å². The van der Waals surface area contributed by atoms with Gasteiger partial charge in [-0.2, -0.15) is 0 Å². The molecule has 0 atom stereocenters. The number of rotatable bonds is 4. The van der Waals surface area contributed by atoms with Crippen molar-refractivity contribution < 1.29 is 5.11 Å². The SMILES string of the molecule is CCCCCCO.[GeH4]. The van der Waals surface area contributed by atoms with E-state index in [-0.39, 0.29) is 17.6 Å². The van der Waals surface area contributed by atoms with Crippen molar-refractivity contribution >= 4 is 17.6 Å². The van der Waals surface area contributed by atoms with Crippen LogP contribution >= 0.6 is 0 Å². The van der Waals surface area contributed by atoms with E-state index < -0.39 is 0 Å². The topological polar surface area (TPSA) is 20.2 Å². The Labute approximate surface area is 62.5 Å². The van der Waals surface area contributed by atoms with Gasteiger partial charge in [-0.3, -0.25) is 0 Å². The molecule has 0 amide bonds. The van der Waals surface area contributed by atoms with E-state index in [1.54, 1.807) is 0 Å². The molecular formula is C6H18GeO. The van der Waals surface area contributed by atoms with E-state index in [2.05, 4.69) is 6.92 Å². The summed E-state index contributed by atoms with van der Waals surface area (Å²) in [4.78, 5) is 0. The zero-order valence-corrected chi connectivity index (χ0v) is 4.98. The standard InChI is InChI=1S/C6H14O.GeH4/c1-2-3-4-5-6-7;/h7H,2-6H2,1H3;1H4. The van der Waals surface area contributed by atoms with Crippen molar-refractivity contribution in [3.05, 3.63) is 0 Å². The van der Waals surface area contributed by atoms with Crippen molar-refractivity contribution in [3.63, 3.8) is 0 Å². The van der Waals surface area contributed by atoms with Crippen LogP contribution in [0.4, 0.5) is 0 Å². The molecule has 52 valence electrons. The third-order valence-corrected chi connectivity index (χ3v) is 1.01. The van der Waals surface area contributed by atoms with Crippen molar-refractivity contribution in [3.8, 4) is 0 Å². The molecule has 0 saturated carbocycles. The van der Waals surface area contributed by atoms with Crippen LogP contribution in [-0.4, -0.2) is 29.3 Å². The van der Waals surface area contributed by atoms with Crippen LogP contribution in [0.2, 0.25) is 0 Å². The number of hydrogen-bond donors (Lipinski definition) is 1. The van der Waals surface area contributed by atoms with Crippen LogP contribution in [0.3, 0.4) is 0 Å². The van der Waals surface area contributed by atoms with Gasteiger partial charge in [0.25, 0.3) is 0 Å². The molecule has 0 aliphatic rings. The summed E-state index contributed by atoms with van der Waals surface area (Å²) in [5.41, 5.74) is 0. The summed E-state index contributed by atoms with van der Waals surface area (Å²) in [6.45, 7) is 2.53.